The molecule has 2 aromatic heterocycles. The number of rotatable bonds is 2. The molecule has 2 atom stereocenters. The van der Waals surface area contributed by atoms with E-state index in [0.717, 1.165) is 13.8 Å². The van der Waals surface area contributed by atoms with Crippen LogP contribution in [0, 0.1) is 13.7 Å². The first-order valence-corrected chi connectivity index (χ1v) is 7.02. The van der Waals surface area contributed by atoms with Gasteiger partial charge < -0.3 is 14.3 Å². The Balaban J connectivity index is 2.78. The lowest BCUT2D eigenvalue weighted by molar-refractivity contribution is -0.945. The van der Waals surface area contributed by atoms with Gasteiger partial charge in [-0.25, -0.2) is 4.98 Å². The molecule has 5 nitrogen and oxygen atoms in total. The second-order valence-electron chi connectivity index (χ2n) is 5.93. The number of carbonyl (C=O) groups is 1. The third kappa shape index (κ3) is 2.84. The predicted molar refractivity (Wildman–Crippen MR) is 96.3 cm³/mol. The maximum absolute atomic E-state index is 13.2. The molecule has 0 aromatic carbocycles. The Morgan fingerprint density at radius 1 is 1.64 bits per heavy atom. The predicted octanol–water partition coefficient (Wildman–Crippen LogP) is 3.00. The summed E-state index contributed by atoms with van der Waals surface area (Å²) < 4.78 is 173. The zero-order valence-electron chi connectivity index (χ0n) is 34.4. The van der Waals surface area contributed by atoms with E-state index >= 15 is 0 Å². The van der Waals surface area contributed by atoms with Crippen molar-refractivity contribution in [3.05, 3.63) is 35.2 Å². The van der Waals surface area contributed by atoms with E-state index in [1.807, 2.05) is 0 Å². The van der Waals surface area contributed by atoms with Crippen LogP contribution in [0.5, 0.6) is 0 Å². The molecular weight excluding hydrogens is 314 g/mol. The maximum Gasteiger partial charge on any atom is 0.258 e. The van der Waals surface area contributed by atoms with Crippen LogP contribution in [-0.2, 0) is 6.37 Å². The second kappa shape index (κ2) is 6.13. The molecule has 1 aliphatic rings. The number of hydrogen-bond acceptors (Lipinski definition) is 3. The number of quaternary nitrogens is 1. The van der Waals surface area contributed by atoms with Crippen LogP contribution in [0.1, 0.15) is 85.5 Å². The first-order chi connectivity index (χ1) is 20.1. The first-order valence-electron chi connectivity index (χ1n) is 17.7. The number of hydrogen-bond donors (Lipinski definition) is 0. The van der Waals surface area contributed by atoms with E-state index in [9.17, 15) is 11.3 Å². The summed E-state index contributed by atoms with van der Waals surface area (Å²) in [5.74, 6) is 0. The summed E-state index contributed by atoms with van der Waals surface area (Å²) in [4.78, 5) is 16.9. The van der Waals surface area contributed by atoms with Gasteiger partial charge in [-0.3, -0.25) is 4.48 Å². The van der Waals surface area contributed by atoms with Crippen LogP contribution in [-0.4, -0.2) is 38.0 Å². The fraction of sp³-hybridized carbons (Fsp3) is 0.600. The largest absolute Gasteiger partial charge is 0.498 e. The molecule has 1 amide bonds. The topological polar surface area (TPSA) is 57.4 Å². The molecule has 3 heterocycles. The highest BCUT2D eigenvalue weighted by molar-refractivity contribution is 5.55. The number of aryl methyl sites for hydroxylation is 1. The molecule has 1 fully saturated rings. The van der Waals surface area contributed by atoms with Gasteiger partial charge in [0.1, 0.15) is 11.7 Å². The number of likely N-dealkylation sites (tertiary alicyclic amines) is 1. The van der Waals surface area contributed by atoms with Crippen molar-refractivity contribution in [3.8, 4) is 0 Å². The zero-order valence-corrected chi connectivity index (χ0v) is 13.4. The second-order valence-corrected chi connectivity index (χ2v) is 5.93. The molecule has 1 aliphatic heterocycles. The molecule has 25 heavy (non-hydrogen) atoms. The van der Waals surface area contributed by atoms with Crippen LogP contribution < -0.4 is 5.11 Å². The van der Waals surface area contributed by atoms with Crippen molar-refractivity contribution < 1.29 is 43.2 Å². The lowest BCUT2D eigenvalue weighted by Crippen LogP contribution is -2.73. The Bertz CT molecular complexity index is 1610. The Labute approximate surface area is 179 Å². The quantitative estimate of drug-likeness (QED) is 0.770. The van der Waals surface area contributed by atoms with Crippen molar-refractivity contribution in [2.45, 2.75) is 71.5 Å². The van der Waals surface area contributed by atoms with Gasteiger partial charge >= 0.3 is 0 Å². The molecule has 1 saturated heterocycles. The summed E-state index contributed by atoms with van der Waals surface area (Å²) in [7, 11) is 0. The first kappa shape index (κ1) is 5.32. The fourth-order valence-corrected chi connectivity index (χ4v) is 2.34. The summed E-state index contributed by atoms with van der Waals surface area (Å²) in [6, 6.07) is -5.81. The third-order valence-electron chi connectivity index (χ3n) is 3.63. The normalized spacial score (nSPS) is 49.4. The minimum Gasteiger partial charge on any atom is -0.498 e. The molecule has 0 aliphatic carbocycles. The van der Waals surface area contributed by atoms with Crippen LogP contribution in [0.3, 0.4) is 0 Å². The number of fused-ring (bicyclic) bond motifs is 1. The molecule has 2 aromatic rings. The van der Waals surface area contributed by atoms with E-state index in [-0.39, 0.29) is 4.40 Å². The van der Waals surface area contributed by atoms with Crippen LogP contribution in [0.4, 0.5) is 4.79 Å². The number of amides is 1. The van der Waals surface area contributed by atoms with E-state index in [4.69, 9.17) is 27.4 Å². The van der Waals surface area contributed by atoms with Gasteiger partial charge in [0.15, 0.2) is 0 Å². The smallest absolute Gasteiger partial charge is 0.258 e. The summed E-state index contributed by atoms with van der Waals surface area (Å²) >= 11 is 0. The zero-order chi connectivity index (χ0) is 36.6. The SMILES string of the molecule is [2H]CC(C)(C)[N+]1(C(=O)[O-])C([2H])([2H])C([2H])([2H])C([2H])([2H])C([2H])([2H])[C@@]1([2H])C([2H])([2H])c1nc2c(C([2H])([2H])[2H])c(C([2H])([2H])[2H])c([2H])c([2H])n2c1[2H]. The molecule has 5 heteroatoms. The number of nitrogens with zero attached hydrogens (tertiary/aromatic N) is 3. The Morgan fingerprint density at radius 3 is 3.16 bits per heavy atom. The number of aromatic nitrogens is 2. The molecule has 0 saturated carbocycles. The Morgan fingerprint density at radius 2 is 2.48 bits per heavy atom. The third-order valence-corrected chi connectivity index (χ3v) is 3.63. The van der Waals surface area contributed by atoms with Crippen molar-refractivity contribution in [2.24, 2.45) is 0 Å². The summed E-state index contributed by atoms with van der Waals surface area (Å²) in [6.07, 6.45) is -22.7. The van der Waals surface area contributed by atoms with Gasteiger partial charge in [0.2, 0.25) is 0 Å². The van der Waals surface area contributed by atoms with E-state index in [2.05, 4.69) is 4.98 Å². The van der Waals surface area contributed by atoms with E-state index in [1.54, 1.807) is 0 Å². The monoisotopic (exact) mass is 364 g/mol. The number of carbonyl (C=O) groups excluding carboxylic acids is 1. The maximum atomic E-state index is 13.2. The highest BCUT2D eigenvalue weighted by Crippen LogP contribution is 2.36. The average Bonchev–Trinajstić information content (AvgIpc) is 3.20. The van der Waals surface area contributed by atoms with E-state index in [1.165, 1.54) is 0 Å². The van der Waals surface area contributed by atoms with Gasteiger partial charge in [0, 0.05) is 45.7 Å². The van der Waals surface area contributed by atoms with Crippen LogP contribution >= 0.6 is 0 Å². The van der Waals surface area contributed by atoms with Crippen molar-refractivity contribution >= 4 is 11.7 Å². The van der Waals surface area contributed by atoms with E-state index in [0.29, 0.717) is 0 Å². The number of pyridine rings is 1. The molecule has 136 valence electrons. The molecule has 1 unspecified atom stereocenters. The lowest BCUT2D eigenvalue weighted by atomic mass is 9.88. The molecule has 0 spiro atoms. The number of imidazole rings is 1. The van der Waals surface area contributed by atoms with E-state index < -0.39 is 116 Å². The van der Waals surface area contributed by atoms with Gasteiger partial charge in [0.05, 0.1) is 26.0 Å². The van der Waals surface area contributed by atoms with Gasteiger partial charge in [-0.2, -0.15) is 0 Å². The summed E-state index contributed by atoms with van der Waals surface area (Å²) in [5, 5.41) is 13.2. The van der Waals surface area contributed by atoms with Crippen molar-refractivity contribution in [1.29, 1.82) is 0 Å². The molecule has 0 radical (unpaired) electrons. The minimum atomic E-state index is -4.55. The number of carboxylic acid groups (broad SMARTS) is 1. The summed E-state index contributed by atoms with van der Waals surface area (Å²) in [6.45, 7) is -11.0. The molecule has 0 N–H and O–H groups in total. The van der Waals surface area contributed by atoms with Gasteiger partial charge in [0.25, 0.3) is 6.09 Å². The Hall–Kier alpha value is -1.88. The molecule has 0 bridgehead atoms. The van der Waals surface area contributed by atoms with Crippen LogP contribution in [0.2, 0.25) is 0 Å². The van der Waals surface area contributed by atoms with Crippen molar-refractivity contribution in [2.75, 3.05) is 6.50 Å². The highest BCUT2D eigenvalue weighted by Gasteiger charge is 2.50. The van der Waals surface area contributed by atoms with Gasteiger partial charge in [-0.1, -0.05) is 0 Å². The average molecular weight is 365 g/mol. The minimum absolute atomic E-state index is 0.167. The van der Waals surface area contributed by atoms with Gasteiger partial charge in [-0.05, 0) is 64.4 Å². The fourth-order valence-electron chi connectivity index (χ4n) is 2.34. The summed E-state index contributed by atoms with van der Waals surface area (Å²) in [5.41, 5.74) is -8.02. The van der Waals surface area contributed by atoms with Crippen molar-refractivity contribution in [1.82, 2.24) is 9.38 Å². The van der Waals surface area contributed by atoms with Crippen LogP contribution in [0.15, 0.2) is 18.4 Å². The Kier molecular flexibility index (Phi) is 1.30. The standard InChI is InChI=1S/C20H29N3O2/c1-14-9-10-22-13-16(21-18(22)15(14)2)12-17-8-6-7-11-23(17,19(24)25)20(3,4)5/h9-10,13,17H,6-8,11-12H2,1-5H3/t17-,23?/m0/s1/i1D3,2D3,3D,6D2,7D2,8D2,9D,10D,11D2,12D2,13D,17D. The highest BCUT2D eigenvalue weighted by atomic mass is 16.4. The van der Waals surface area contributed by atoms with Crippen molar-refractivity contribution in [3.63, 3.8) is 0 Å². The lowest BCUT2D eigenvalue weighted by Gasteiger charge is -2.54. The van der Waals surface area contributed by atoms with Crippen LogP contribution in [0.25, 0.3) is 5.65 Å². The van der Waals surface area contributed by atoms with Gasteiger partial charge in [-0.15, -0.1) is 0 Å². The molecular formula is C20H29N3O2. The number of piperidine rings is 1. The molecule has 3 rings (SSSR count).